The number of nitriles is 1. The van der Waals surface area contributed by atoms with Crippen LogP contribution in [0.2, 0.25) is 0 Å². The summed E-state index contributed by atoms with van der Waals surface area (Å²) in [4.78, 5) is -0.230. The van der Waals surface area contributed by atoms with Crippen LogP contribution in [0.1, 0.15) is 11.1 Å². The van der Waals surface area contributed by atoms with E-state index in [0.29, 0.717) is 0 Å². The van der Waals surface area contributed by atoms with Gasteiger partial charge in [0.2, 0.25) is 0 Å². The SMILES string of the molecule is N#Cc1ccc(C(F)(F)F)c(S)c1. The van der Waals surface area contributed by atoms with E-state index in [9.17, 15) is 13.2 Å². The number of rotatable bonds is 0. The number of hydrogen-bond donors (Lipinski definition) is 1. The summed E-state index contributed by atoms with van der Waals surface area (Å²) in [6.07, 6.45) is -4.41. The van der Waals surface area contributed by atoms with Crippen molar-refractivity contribution in [3.8, 4) is 6.07 Å². The van der Waals surface area contributed by atoms with Crippen LogP contribution in [0, 0.1) is 11.3 Å². The fraction of sp³-hybridized carbons (Fsp3) is 0.125. The Morgan fingerprint density at radius 2 is 1.92 bits per heavy atom. The summed E-state index contributed by atoms with van der Waals surface area (Å²) in [6.45, 7) is 0. The first kappa shape index (κ1) is 9.93. The number of halogens is 3. The van der Waals surface area contributed by atoms with E-state index in [1.807, 2.05) is 0 Å². The maximum Gasteiger partial charge on any atom is 0.417 e. The summed E-state index contributed by atoms with van der Waals surface area (Å²) in [5.74, 6) is 0. The summed E-state index contributed by atoms with van der Waals surface area (Å²) in [5, 5.41) is 8.39. The molecular weight excluding hydrogens is 199 g/mol. The van der Waals surface area contributed by atoms with Crippen molar-refractivity contribution in [2.75, 3.05) is 0 Å². The van der Waals surface area contributed by atoms with Gasteiger partial charge in [-0.1, -0.05) is 0 Å². The summed E-state index contributed by atoms with van der Waals surface area (Å²) in [6, 6.07) is 4.78. The van der Waals surface area contributed by atoms with Gasteiger partial charge in [-0.15, -0.1) is 12.6 Å². The van der Waals surface area contributed by atoms with Gasteiger partial charge in [-0.25, -0.2) is 0 Å². The van der Waals surface area contributed by atoms with Crippen LogP contribution >= 0.6 is 12.6 Å². The normalized spacial score (nSPS) is 11.0. The Morgan fingerprint density at radius 1 is 1.31 bits per heavy atom. The quantitative estimate of drug-likeness (QED) is 0.644. The van der Waals surface area contributed by atoms with Gasteiger partial charge in [0.25, 0.3) is 0 Å². The molecule has 0 heterocycles. The molecule has 0 aliphatic rings. The van der Waals surface area contributed by atoms with Crippen molar-refractivity contribution >= 4 is 12.6 Å². The number of nitrogens with zero attached hydrogens (tertiary/aromatic N) is 1. The molecule has 0 unspecified atom stereocenters. The Bertz CT molecular complexity index is 365. The third-order valence-corrected chi connectivity index (χ3v) is 1.80. The van der Waals surface area contributed by atoms with Crippen LogP contribution in [0.5, 0.6) is 0 Å². The van der Waals surface area contributed by atoms with Gasteiger partial charge in [0, 0.05) is 4.90 Å². The second-order valence-electron chi connectivity index (χ2n) is 2.34. The maximum absolute atomic E-state index is 12.2. The Balaban J connectivity index is 3.23. The molecule has 0 N–H and O–H groups in total. The molecule has 5 heteroatoms. The van der Waals surface area contributed by atoms with Crippen molar-refractivity contribution in [3.05, 3.63) is 29.3 Å². The molecule has 1 nitrogen and oxygen atoms in total. The van der Waals surface area contributed by atoms with Crippen molar-refractivity contribution in [3.63, 3.8) is 0 Å². The first-order valence-corrected chi connectivity index (χ1v) is 3.70. The average Bonchev–Trinajstić information content (AvgIpc) is 2.01. The molecule has 0 aliphatic heterocycles. The highest BCUT2D eigenvalue weighted by atomic mass is 32.1. The molecule has 0 aromatic heterocycles. The van der Waals surface area contributed by atoms with Crippen molar-refractivity contribution < 1.29 is 13.2 Å². The van der Waals surface area contributed by atoms with E-state index < -0.39 is 11.7 Å². The fourth-order valence-electron chi connectivity index (χ4n) is 0.841. The highest BCUT2D eigenvalue weighted by molar-refractivity contribution is 7.80. The van der Waals surface area contributed by atoms with Crippen LogP contribution in [0.15, 0.2) is 23.1 Å². The molecule has 0 atom stereocenters. The van der Waals surface area contributed by atoms with E-state index in [4.69, 9.17) is 5.26 Å². The van der Waals surface area contributed by atoms with E-state index in [1.165, 1.54) is 0 Å². The lowest BCUT2D eigenvalue weighted by molar-refractivity contribution is -0.139. The molecule has 0 fully saturated rings. The highest BCUT2D eigenvalue weighted by Gasteiger charge is 2.32. The zero-order chi connectivity index (χ0) is 10.1. The predicted molar refractivity (Wildman–Crippen MR) is 43.4 cm³/mol. The van der Waals surface area contributed by atoms with Gasteiger partial charge in [0.05, 0.1) is 17.2 Å². The van der Waals surface area contributed by atoms with Gasteiger partial charge in [-0.2, -0.15) is 18.4 Å². The zero-order valence-electron chi connectivity index (χ0n) is 6.26. The number of thiol groups is 1. The second kappa shape index (κ2) is 3.30. The Labute approximate surface area is 78.2 Å². The number of hydrogen-bond acceptors (Lipinski definition) is 2. The minimum atomic E-state index is -4.41. The number of benzene rings is 1. The standard InChI is InChI=1S/C8H4F3NS/c9-8(10,11)6-2-1-5(4-12)3-7(6)13/h1-3,13H. The zero-order valence-corrected chi connectivity index (χ0v) is 7.15. The predicted octanol–water partition coefficient (Wildman–Crippen LogP) is 2.87. The lowest BCUT2D eigenvalue weighted by atomic mass is 10.1. The van der Waals surface area contributed by atoms with Crippen molar-refractivity contribution in [1.82, 2.24) is 0 Å². The molecular formula is C8H4F3NS. The highest BCUT2D eigenvalue weighted by Crippen LogP contribution is 2.33. The maximum atomic E-state index is 12.2. The third kappa shape index (κ3) is 2.16. The van der Waals surface area contributed by atoms with Crippen LogP contribution in [0.25, 0.3) is 0 Å². The lowest BCUT2D eigenvalue weighted by Crippen LogP contribution is -2.05. The van der Waals surface area contributed by atoms with Crippen LogP contribution in [0.3, 0.4) is 0 Å². The first-order valence-electron chi connectivity index (χ1n) is 3.25. The monoisotopic (exact) mass is 203 g/mol. The average molecular weight is 203 g/mol. The largest absolute Gasteiger partial charge is 0.417 e. The van der Waals surface area contributed by atoms with E-state index in [-0.39, 0.29) is 10.5 Å². The first-order chi connectivity index (χ1) is 5.95. The van der Waals surface area contributed by atoms with E-state index >= 15 is 0 Å². The lowest BCUT2D eigenvalue weighted by Gasteiger charge is -2.08. The summed E-state index contributed by atoms with van der Waals surface area (Å²) < 4.78 is 36.5. The van der Waals surface area contributed by atoms with Gasteiger partial charge in [0.15, 0.2) is 0 Å². The molecule has 1 aromatic rings. The molecule has 68 valence electrons. The Kier molecular flexibility index (Phi) is 2.52. The van der Waals surface area contributed by atoms with Gasteiger partial charge in [-0.3, -0.25) is 0 Å². The van der Waals surface area contributed by atoms with Crippen LogP contribution in [-0.2, 0) is 6.18 Å². The molecule has 0 aliphatic carbocycles. The van der Waals surface area contributed by atoms with Crippen molar-refractivity contribution in [2.45, 2.75) is 11.1 Å². The minimum absolute atomic E-state index is 0.165. The summed E-state index contributed by atoms with van der Waals surface area (Å²) in [5.41, 5.74) is -0.659. The summed E-state index contributed by atoms with van der Waals surface area (Å²) in [7, 11) is 0. The van der Waals surface area contributed by atoms with Crippen LogP contribution in [0.4, 0.5) is 13.2 Å². The van der Waals surface area contributed by atoms with E-state index in [1.54, 1.807) is 6.07 Å². The van der Waals surface area contributed by atoms with Gasteiger partial charge < -0.3 is 0 Å². The van der Waals surface area contributed by atoms with Gasteiger partial charge >= 0.3 is 6.18 Å². The third-order valence-electron chi connectivity index (χ3n) is 1.43. The molecule has 0 radical (unpaired) electrons. The molecule has 0 bridgehead atoms. The van der Waals surface area contributed by atoms with Crippen LogP contribution in [-0.4, -0.2) is 0 Å². The van der Waals surface area contributed by atoms with E-state index in [0.717, 1.165) is 18.2 Å². The smallest absolute Gasteiger partial charge is 0.192 e. The molecule has 0 spiro atoms. The van der Waals surface area contributed by atoms with Crippen LogP contribution < -0.4 is 0 Å². The minimum Gasteiger partial charge on any atom is -0.192 e. The molecule has 0 amide bonds. The molecule has 13 heavy (non-hydrogen) atoms. The molecule has 0 saturated heterocycles. The summed E-state index contributed by atoms with van der Waals surface area (Å²) >= 11 is 3.64. The second-order valence-corrected chi connectivity index (χ2v) is 2.82. The molecule has 1 rings (SSSR count). The van der Waals surface area contributed by atoms with Gasteiger partial charge in [-0.05, 0) is 18.2 Å². The number of alkyl halides is 3. The fourth-order valence-corrected chi connectivity index (χ4v) is 1.18. The van der Waals surface area contributed by atoms with Gasteiger partial charge in [0.1, 0.15) is 0 Å². The Hall–Kier alpha value is -1.15. The Morgan fingerprint density at radius 3 is 2.31 bits per heavy atom. The van der Waals surface area contributed by atoms with E-state index in [2.05, 4.69) is 12.6 Å². The van der Waals surface area contributed by atoms with Crippen molar-refractivity contribution in [1.29, 1.82) is 5.26 Å². The topological polar surface area (TPSA) is 23.8 Å². The molecule has 0 saturated carbocycles. The van der Waals surface area contributed by atoms with Crippen molar-refractivity contribution in [2.24, 2.45) is 0 Å². The molecule has 1 aromatic carbocycles.